The van der Waals surface area contributed by atoms with Crippen LogP contribution in [0.25, 0.3) is 0 Å². The van der Waals surface area contributed by atoms with Crippen molar-refractivity contribution in [1.29, 1.82) is 0 Å². The molecule has 0 spiro atoms. The van der Waals surface area contributed by atoms with Crippen LogP contribution >= 0.6 is 23.2 Å². The van der Waals surface area contributed by atoms with Crippen molar-refractivity contribution in [3.63, 3.8) is 0 Å². The van der Waals surface area contributed by atoms with Crippen molar-refractivity contribution < 1.29 is 49.5 Å². The van der Waals surface area contributed by atoms with E-state index in [0.29, 0.717) is 0 Å². The number of nitrogens with one attached hydrogen (secondary N) is 1. The first-order valence-electron chi connectivity index (χ1n) is 8.99. The number of hydrogen-bond donors (Lipinski definition) is 6. The zero-order chi connectivity index (χ0) is 24.2. The molecule has 1 aromatic rings. The number of non-ortho nitro benzene ring substituents is 1. The van der Waals surface area contributed by atoms with E-state index in [4.69, 9.17) is 37.8 Å². The van der Waals surface area contributed by atoms with Gasteiger partial charge in [-0.2, -0.15) is 0 Å². The van der Waals surface area contributed by atoms with Crippen molar-refractivity contribution in [2.24, 2.45) is 0 Å². The van der Waals surface area contributed by atoms with Gasteiger partial charge in [0, 0.05) is 12.1 Å². The summed E-state index contributed by atoms with van der Waals surface area (Å²) in [4.78, 5) is 31.7. The number of carbonyl (C=O) groups is 2. The lowest BCUT2D eigenvalue weighted by atomic mass is 9.99. The topological polar surface area (TPSA) is 209 Å². The summed E-state index contributed by atoms with van der Waals surface area (Å²) >= 11 is 11.0. The molecule has 0 bridgehead atoms. The highest BCUT2D eigenvalue weighted by atomic mass is 35.5. The maximum absolute atomic E-state index is 11.9. The highest BCUT2D eigenvalue weighted by Gasteiger charge is 2.47. The van der Waals surface area contributed by atoms with Crippen molar-refractivity contribution in [2.45, 2.75) is 47.7 Å². The Morgan fingerprint density at radius 1 is 1.16 bits per heavy atom. The number of aliphatic hydroxyl groups is 4. The molecular formula is C17H20Cl2N2O11. The Morgan fingerprint density at radius 3 is 2.25 bits per heavy atom. The molecule has 1 aliphatic heterocycles. The van der Waals surface area contributed by atoms with Gasteiger partial charge in [-0.25, -0.2) is 4.79 Å². The molecule has 0 saturated carbocycles. The van der Waals surface area contributed by atoms with Crippen LogP contribution in [0.3, 0.4) is 0 Å². The van der Waals surface area contributed by atoms with Gasteiger partial charge in [0.15, 0.2) is 17.2 Å². The van der Waals surface area contributed by atoms with E-state index in [1.807, 2.05) is 0 Å². The number of nitrogens with zero attached hydrogens (tertiary/aromatic N) is 1. The molecule has 7 atom stereocenters. The fraction of sp³-hybridized carbons (Fsp3) is 0.529. The minimum Gasteiger partial charge on any atom is -0.479 e. The molecule has 1 amide bonds. The molecule has 1 fully saturated rings. The van der Waals surface area contributed by atoms with Crippen LogP contribution in [0.4, 0.5) is 5.69 Å². The molecule has 0 aliphatic carbocycles. The molecule has 1 aromatic carbocycles. The number of amides is 1. The third-order valence-corrected chi connectivity index (χ3v) is 5.00. The van der Waals surface area contributed by atoms with Crippen LogP contribution in [0.5, 0.6) is 0 Å². The summed E-state index contributed by atoms with van der Waals surface area (Å²) in [6.45, 7) is -0.610. The van der Waals surface area contributed by atoms with Crippen LogP contribution in [0, 0.1) is 10.1 Å². The zero-order valence-electron chi connectivity index (χ0n) is 16.0. The summed E-state index contributed by atoms with van der Waals surface area (Å²) in [5, 5.41) is 62.4. The Balaban J connectivity index is 2.18. The molecule has 178 valence electrons. The number of carbonyl (C=O) groups excluding carboxylic acids is 1. The third kappa shape index (κ3) is 6.24. The van der Waals surface area contributed by atoms with E-state index in [1.165, 1.54) is 12.1 Å². The number of aliphatic carboxylic acids is 1. The first-order valence-corrected chi connectivity index (χ1v) is 9.86. The Labute approximate surface area is 190 Å². The average molecular weight is 499 g/mol. The summed E-state index contributed by atoms with van der Waals surface area (Å²) < 4.78 is 10.2. The second kappa shape index (κ2) is 11.2. The number of nitro groups is 1. The van der Waals surface area contributed by atoms with E-state index in [0.717, 1.165) is 12.1 Å². The first-order chi connectivity index (χ1) is 14.9. The lowest BCUT2D eigenvalue weighted by molar-refractivity contribution is -0.384. The normalized spacial score (nSPS) is 27.5. The van der Waals surface area contributed by atoms with Gasteiger partial charge in [0.05, 0.1) is 17.6 Å². The number of carboxylic acids is 1. The molecule has 6 N–H and O–H groups in total. The van der Waals surface area contributed by atoms with E-state index >= 15 is 0 Å². The highest BCUT2D eigenvalue weighted by Crippen LogP contribution is 2.25. The Morgan fingerprint density at radius 2 is 1.75 bits per heavy atom. The number of halogens is 2. The number of alkyl halides is 2. The number of carboxylic acid groups (broad SMARTS) is 1. The standard InChI is InChI=1S/C17H20Cl2N2O11/c18-14(19)15(26)20-8(9(22)6-1-3-7(4-2-6)21(29)30)5-31-17-12(25)10(23)11(24)13(32-17)16(27)28/h1-4,8-14,17,22-25H,5H2,(H,20,26)(H,27,28)/t8-,9+,10-,11-,12+,13-,17-/m0/s1. The summed E-state index contributed by atoms with van der Waals surface area (Å²) in [5.41, 5.74) is -0.112. The van der Waals surface area contributed by atoms with Crippen molar-refractivity contribution in [2.75, 3.05) is 6.61 Å². The number of hydrogen-bond acceptors (Lipinski definition) is 10. The fourth-order valence-corrected chi connectivity index (χ4v) is 3.00. The summed E-state index contributed by atoms with van der Waals surface area (Å²) in [5.74, 6) is -2.55. The van der Waals surface area contributed by atoms with E-state index in [2.05, 4.69) is 5.32 Å². The quantitative estimate of drug-likeness (QED) is 0.135. The Bertz CT molecular complexity index is 825. The minimum atomic E-state index is -1.93. The summed E-state index contributed by atoms with van der Waals surface area (Å²) in [6, 6.07) is 3.40. The molecule has 1 saturated heterocycles. The van der Waals surface area contributed by atoms with Crippen LogP contribution in [-0.4, -0.2) is 90.5 Å². The SMILES string of the molecule is O=C(N[C@@H](CO[C@H]1O[C@H](C(=O)O)[C@@H](O)[C@H](O)[C@H]1O)[C@H](O)c1ccc([N+](=O)[O-])cc1)C(Cl)Cl. The van der Waals surface area contributed by atoms with Gasteiger partial charge in [-0.05, 0) is 17.7 Å². The Kier molecular flexibility index (Phi) is 9.12. The molecule has 0 radical (unpaired) electrons. The average Bonchev–Trinajstić information content (AvgIpc) is 2.75. The van der Waals surface area contributed by atoms with Crippen LogP contribution in [0.2, 0.25) is 0 Å². The molecule has 2 rings (SSSR count). The molecule has 32 heavy (non-hydrogen) atoms. The first kappa shape index (κ1) is 26.2. The van der Waals surface area contributed by atoms with Crippen LogP contribution < -0.4 is 5.32 Å². The van der Waals surface area contributed by atoms with Crippen molar-refractivity contribution in [3.8, 4) is 0 Å². The molecule has 0 aromatic heterocycles. The summed E-state index contributed by atoms with van der Waals surface area (Å²) in [7, 11) is 0. The molecule has 15 heteroatoms. The van der Waals surface area contributed by atoms with E-state index in [1.54, 1.807) is 0 Å². The number of rotatable bonds is 9. The van der Waals surface area contributed by atoms with Gasteiger partial charge in [-0.15, -0.1) is 0 Å². The van der Waals surface area contributed by atoms with Crippen molar-refractivity contribution in [3.05, 3.63) is 39.9 Å². The van der Waals surface area contributed by atoms with Gasteiger partial charge in [0.25, 0.3) is 11.6 Å². The van der Waals surface area contributed by atoms with Crippen molar-refractivity contribution in [1.82, 2.24) is 5.32 Å². The Hall–Kier alpha value is -2.10. The molecular weight excluding hydrogens is 479 g/mol. The van der Waals surface area contributed by atoms with Crippen molar-refractivity contribution >= 4 is 40.8 Å². The zero-order valence-corrected chi connectivity index (χ0v) is 17.5. The third-order valence-electron chi connectivity index (χ3n) is 4.61. The second-order valence-corrected chi connectivity index (χ2v) is 7.87. The van der Waals surface area contributed by atoms with Crippen LogP contribution in [0.15, 0.2) is 24.3 Å². The van der Waals surface area contributed by atoms with Gasteiger partial charge in [0.1, 0.15) is 24.4 Å². The van der Waals surface area contributed by atoms with E-state index in [9.17, 15) is 40.1 Å². The predicted molar refractivity (Wildman–Crippen MR) is 106 cm³/mol. The monoisotopic (exact) mass is 498 g/mol. The van der Waals surface area contributed by atoms with E-state index < -0.39 is 71.1 Å². The number of benzene rings is 1. The fourth-order valence-electron chi connectivity index (χ4n) is 2.87. The molecule has 0 unspecified atom stereocenters. The smallest absolute Gasteiger partial charge is 0.335 e. The predicted octanol–water partition coefficient (Wildman–Crippen LogP) is -1.17. The molecule has 1 heterocycles. The number of nitro benzene ring substituents is 1. The minimum absolute atomic E-state index is 0.133. The molecule has 13 nitrogen and oxygen atoms in total. The van der Waals surface area contributed by atoms with E-state index in [-0.39, 0.29) is 11.3 Å². The van der Waals surface area contributed by atoms with Gasteiger partial charge < -0.3 is 40.3 Å². The lowest BCUT2D eigenvalue weighted by Crippen LogP contribution is -2.61. The highest BCUT2D eigenvalue weighted by molar-refractivity contribution is 6.53. The van der Waals surface area contributed by atoms with Gasteiger partial charge >= 0.3 is 5.97 Å². The summed E-state index contributed by atoms with van der Waals surface area (Å²) in [6.07, 6.45) is -10.9. The molecule has 1 aliphatic rings. The maximum atomic E-state index is 11.9. The maximum Gasteiger partial charge on any atom is 0.335 e. The van der Waals surface area contributed by atoms with Gasteiger partial charge in [0.2, 0.25) is 0 Å². The van der Waals surface area contributed by atoms with Crippen LogP contribution in [-0.2, 0) is 19.1 Å². The number of ether oxygens (including phenoxy) is 2. The largest absolute Gasteiger partial charge is 0.479 e. The van der Waals surface area contributed by atoms with Crippen LogP contribution in [0.1, 0.15) is 11.7 Å². The lowest BCUT2D eigenvalue weighted by Gasteiger charge is -2.39. The van der Waals surface area contributed by atoms with Gasteiger partial charge in [-0.1, -0.05) is 23.2 Å². The number of aliphatic hydroxyl groups excluding tert-OH is 4. The second-order valence-electron chi connectivity index (χ2n) is 6.78. The van der Waals surface area contributed by atoms with Gasteiger partial charge in [-0.3, -0.25) is 14.9 Å².